The number of aromatic nitrogens is 1. The summed E-state index contributed by atoms with van der Waals surface area (Å²) in [5, 5.41) is 3.72. The van der Waals surface area contributed by atoms with Gasteiger partial charge in [-0.3, -0.25) is 4.98 Å². The zero-order valence-corrected chi connectivity index (χ0v) is 20.8. The molecule has 0 N–H and O–H groups in total. The largest absolute Gasteiger partial charge is 0.256 e. The number of pyridine rings is 1. The first-order valence-corrected chi connectivity index (χ1v) is 13.0. The quantitative estimate of drug-likeness (QED) is 0.245. The third kappa shape index (κ3) is 4.26. The highest BCUT2D eigenvalue weighted by atomic mass is 32.1. The maximum atomic E-state index is 4.88. The molecular formula is C33H27NS. The molecule has 170 valence electrons. The highest BCUT2D eigenvalue weighted by Gasteiger charge is 2.15. The molecule has 0 bridgehead atoms. The predicted molar refractivity (Wildman–Crippen MR) is 152 cm³/mol. The van der Waals surface area contributed by atoms with E-state index >= 15 is 0 Å². The smallest absolute Gasteiger partial charge is 0.0780 e. The van der Waals surface area contributed by atoms with Crippen LogP contribution in [-0.4, -0.2) is 4.98 Å². The van der Waals surface area contributed by atoms with Crippen LogP contribution >= 0.6 is 11.3 Å². The molecule has 0 aliphatic carbocycles. The molecule has 4 aromatic carbocycles. The van der Waals surface area contributed by atoms with Crippen LogP contribution in [-0.2, 0) is 6.42 Å². The van der Waals surface area contributed by atoms with Gasteiger partial charge in [-0.2, -0.15) is 0 Å². The molecule has 0 saturated carbocycles. The summed E-state index contributed by atoms with van der Waals surface area (Å²) < 4.78 is 1.32. The SMILES string of the molecule is CC(C)Cc1ccc2c(-c3cc(-c4ccccc4)c4sc(-c5ccccc5)cc4c3)nccc2c1. The number of rotatable bonds is 5. The van der Waals surface area contributed by atoms with E-state index < -0.39 is 0 Å². The van der Waals surface area contributed by atoms with Crippen molar-refractivity contribution in [2.45, 2.75) is 20.3 Å². The fraction of sp³-hybridized carbons (Fsp3) is 0.121. The first-order valence-electron chi connectivity index (χ1n) is 12.2. The average Bonchev–Trinajstić information content (AvgIpc) is 3.33. The van der Waals surface area contributed by atoms with Gasteiger partial charge >= 0.3 is 0 Å². The second-order valence-electron chi connectivity index (χ2n) is 9.60. The molecule has 0 spiro atoms. The van der Waals surface area contributed by atoms with E-state index in [0.717, 1.165) is 17.7 Å². The van der Waals surface area contributed by atoms with E-state index in [2.05, 4.69) is 117 Å². The van der Waals surface area contributed by atoms with E-state index in [4.69, 9.17) is 4.98 Å². The van der Waals surface area contributed by atoms with Crippen LogP contribution in [0.1, 0.15) is 19.4 Å². The molecular weight excluding hydrogens is 442 g/mol. The molecule has 0 fully saturated rings. The van der Waals surface area contributed by atoms with Crippen LogP contribution in [0.3, 0.4) is 0 Å². The standard InChI is InChI=1S/C33H27NS/c1-22(2)17-23-13-14-29-26(18-23)15-16-34-32(29)27-19-28-21-31(25-11-7-4-8-12-25)35-33(28)30(20-27)24-9-5-3-6-10-24/h3-16,18-22H,17H2,1-2H3. The van der Waals surface area contributed by atoms with Crippen molar-refractivity contribution in [3.05, 3.63) is 115 Å². The van der Waals surface area contributed by atoms with Crippen LogP contribution < -0.4 is 0 Å². The Labute approximate surface area is 210 Å². The normalized spacial score (nSPS) is 11.5. The lowest BCUT2D eigenvalue weighted by atomic mass is 9.95. The third-order valence-corrected chi connectivity index (χ3v) is 7.74. The molecule has 0 aliphatic rings. The van der Waals surface area contributed by atoms with Gasteiger partial charge in [0.05, 0.1) is 5.69 Å². The van der Waals surface area contributed by atoms with Crippen molar-refractivity contribution in [2.24, 2.45) is 5.92 Å². The Morgan fingerprint density at radius 2 is 1.43 bits per heavy atom. The van der Waals surface area contributed by atoms with Crippen molar-refractivity contribution < 1.29 is 0 Å². The van der Waals surface area contributed by atoms with E-state index in [1.165, 1.54) is 48.0 Å². The molecule has 2 heterocycles. The van der Waals surface area contributed by atoms with Crippen LogP contribution in [0.2, 0.25) is 0 Å². The van der Waals surface area contributed by atoms with Gasteiger partial charge in [0, 0.05) is 32.3 Å². The van der Waals surface area contributed by atoms with Crippen LogP contribution in [0.25, 0.3) is 53.7 Å². The fourth-order valence-corrected chi connectivity index (χ4v) is 6.10. The molecule has 0 radical (unpaired) electrons. The van der Waals surface area contributed by atoms with Crippen molar-refractivity contribution in [2.75, 3.05) is 0 Å². The van der Waals surface area contributed by atoms with Gasteiger partial charge in [0.25, 0.3) is 0 Å². The van der Waals surface area contributed by atoms with E-state index in [9.17, 15) is 0 Å². The van der Waals surface area contributed by atoms with Gasteiger partial charge in [-0.25, -0.2) is 0 Å². The Morgan fingerprint density at radius 1 is 0.686 bits per heavy atom. The van der Waals surface area contributed by atoms with Crippen molar-refractivity contribution in [1.29, 1.82) is 0 Å². The minimum Gasteiger partial charge on any atom is -0.256 e. The van der Waals surface area contributed by atoms with E-state index in [1.807, 2.05) is 17.5 Å². The molecule has 1 nitrogen and oxygen atoms in total. The Hall–Kier alpha value is -3.75. The molecule has 0 unspecified atom stereocenters. The Kier molecular flexibility index (Phi) is 5.67. The molecule has 0 aliphatic heterocycles. The highest BCUT2D eigenvalue weighted by molar-refractivity contribution is 7.22. The van der Waals surface area contributed by atoms with E-state index in [0.29, 0.717) is 5.92 Å². The van der Waals surface area contributed by atoms with Crippen molar-refractivity contribution >= 4 is 32.2 Å². The minimum atomic E-state index is 0.641. The van der Waals surface area contributed by atoms with E-state index in [1.54, 1.807) is 0 Å². The lowest BCUT2D eigenvalue weighted by Crippen LogP contribution is -1.94. The van der Waals surface area contributed by atoms with Gasteiger partial charge < -0.3 is 0 Å². The lowest BCUT2D eigenvalue weighted by Gasteiger charge is -2.12. The number of thiophene rings is 1. The van der Waals surface area contributed by atoms with E-state index in [-0.39, 0.29) is 0 Å². The predicted octanol–water partition coefficient (Wildman–Crippen LogP) is 9.65. The van der Waals surface area contributed by atoms with Crippen molar-refractivity contribution in [3.63, 3.8) is 0 Å². The number of hydrogen-bond donors (Lipinski definition) is 0. The molecule has 0 saturated heterocycles. The lowest BCUT2D eigenvalue weighted by molar-refractivity contribution is 0.648. The molecule has 0 amide bonds. The summed E-state index contributed by atoms with van der Waals surface area (Å²) in [5.41, 5.74) is 7.35. The summed E-state index contributed by atoms with van der Waals surface area (Å²) in [6, 6.07) is 37.3. The minimum absolute atomic E-state index is 0.641. The molecule has 6 rings (SSSR count). The second kappa shape index (κ2) is 9.13. The van der Waals surface area contributed by atoms with Crippen LogP contribution in [0, 0.1) is 5.92 Å². The Balaban J connectivity index is 1.57. The summed E-state index contributed by atoms with van der Waals surface area (Å²) in [5.74, 6) is 0.641. The third-order valence-electron chi connectivity index (χ3n) is 6.51. The number of fused-ring (bicyclic) bond motifs is 2. The zero-order chi connectivity index (χ0) is 23.8. The molecule has 35 heavy (non-hydrogen) atoms. The highest BCUT2D eigenvalue weighted by Crippen LogP contribution is 2.42. The molecule has 6 aromatic rings. The second-order valence-corrected chi connectivity index (χ2v) is 10.7. The average molecular weight is 470 g/mol. The first kappa shape index (κ1) is 21.8. The fourth-order valence-electron chi connectivity index (χ4n) is 4.92. The van der Waals surface area contributed by atoms with Crippen molar-refractivity contribution in [3.8, 4) is 32.8 Å². The maximum Gasteiger partial charge on any atom is 0.0780 e. The zero-order valence-electron chi connectivity index (χ0n) is 20.0. The number of nitrogens with zero attached hydrogens (tertiary/aromatic N) is 1. The van der Waals surface area contributed by atoms with Crippen LogP contribution in [0.15, 0.2) is 109 Å². The summed E-state index contributed by atoms with van der Waals surface area (Å²) in [6.45, 7) is 4.54. The van der Waals surface area contributed by atoms with Crippen LogP contribution in [0.5, 0.6) is 0 Å². The van der Waals surface area contributed by atoms with Crippen molar-refractivity contribution in [1.82, 2.24) is 4.98 Å². The summed E-state index contributed by atoms with van der Waals surface area (Å²) in [7, 11) is 0. The Morgan fingerprint density at radius 3 is 2.17 bits per heavy atom. The monoisotopic (exact) mass is 469 g/mol. The Bertz CT molecular complexity index is 1630. The van der Waals surface area contributed by atoms with Gasteiger partial charge in [0.1, 0.15) is 0 Å². The van der Waals surface area contributed by atoms with Gasteiger partial charge in [0.15, 0.2) is 0 Å². The molecule has 0 atom stereocenters. The number of hydrogen-bond acceptors (Lipinski definition) is 2. The summed E-state index contributed by atoms with van der Waals surface area (Å²) in [6.07, 6.45) is 3.04. The van der Waals surface area contributed by atoms with Gasteiger partial charge in [-0.15, -0.1) is 11.3 Å². The summed E-state index contributed by atoms with van der Waals surface area (Å²) in [4.78, 5) is 6.17. The molecule has 2 heteroatoms. The maximum absolute atomic E-state index is 4.88. The van der Waals surface area contributed by atoms with Crippen LogP contribution in [0.4, 0.5) is 0 Å². The van der Waals surface area contributed by atoms with Gasteiger partial charge in [-0.05, 0) is 64.1 Å². The number of benzene rings is 4. The summed E-state index contributed by atoms with van der Waals surface area (Å²) >= 11 is 1.87. The van der Waals surface area contributed by atoms with Gasteiger partial charge in [0.2, 0.25) is 0 Å². The molecule has 2 aromatic heterocycles. The first-order chi connectivity index (χ1) is 17.2. The van der Waals surface area contributed by atoms with Gasteiger partial charge in [-0.1, -0.05) is 92.7 Å². The topological polar surface area (TPSA) is 12.9 Å².